The zero-order chi connectivity index (χ0) is 15.1. The van der Waals surface area contributed by atoms with Crippen molar-refractivity contribution in [2.45, 2.75) is 18.4 Å². The van der Waals surface area contributed by atoms with Crippen LogP contribution in [0, 0.1) is 0 Å². The van der Waals surface area contributed by atoms with Gasteiger partial charge in [0.2, 0.25) is 0 Å². The number of azide groups is 1. The van der Waals surface area contributed by atoms with Gasteiger partial charge in [0.1, 0.15) is 12.9 Å². The van der Waals surface area contributed by atoms with Gasteiger partial charge in [-0.25, -0.2) is 0 Å². The lowest BCUT2D eigenvalue weighted by molar-refractivity contribution is 0.0393. The van der Waals surface area contributed by atoms with E-state index < -0.39 is 25.0 Å². The molecule has 0 aliphatic rings. The van der Waals surface area contributed by atoms with Gasteiger partial charge in [0.05, 0.1) is 12.1 Å². The fourth-order valence-electron chi connectivity index (χ4n) is 1.91. The molecule has 0 saturated heterocycles. The maximum absolute atomic E-state index is 12.9. The van der Waals surface area contributed by atoms with Crippen molar-refractivity contribution in [1.29, 1.82) is 0 Å². The van der Waals surface area contributed by atoms with Crippen LogP contribution in [0.2, 0.25) is 0 Å². The fourth-order valence-corrected chi connectivity index (χ4v) is 1.91. The summed E-state index contributed by atoms with van der Waals surface area (Å²) >= 11 is 0. The van der Waals surface area contributed by atoms with Gasteiger partial charge in [0.25, 0.3) is 0 Å². The summed E-state index contributed by atoms with van der Waals surface area (Å²) in [5.74, 6) is 0. The number of ether oxygens (including phenoxy) is 1. The van der Waals surface area contributed by atoms with Gasteiger partial charge >= 0.3 is 0 Å². The maximum Gasteiger partial charge on any atom is 0.133 e. The average molecular weight is 282 g/mol. The summed E-state index contributed by atoms with van der Waals surface area (Å²) in [4.78, 5) is 4.29. The molecule has 0 heterocycles. The van der Waals surface area contributed by atoms with Crippen molar-refractivity contribution in [3.8, 4) is 0 Å². The Hall–Kier alpha value is -1.66. The Morgan fingerprint density at radius 2 is 1.90 bits per heavy atom. The minimum absolute atomic E-state index is 0.651. The van der Waals surface area contributed by atoms with Crippen molar-refractivity contribution in [3.05, 3.63) is 45.8 Å². The number of halogens is 1. The molecule has 0 spiro atoms. The Labute approximate surface area is 117 Å². The van der Waals surface area contributed by atoms with Crippen LogP contribution < -0.4 is 0 Å². The summed E-state index contributed by atoms with van der Waals surface area (Å²) in [5, 5.41) is 13.3. The zero-order valence-corrected chi connectivity index (χ0v) is 11.8. The Morgan fingerprint density at radius 3 is 2.30 bits per heavy atom. The third-order valence-electron chi connectivity index (χ3n) is 3.01. The number of rotatable bonds is 7. The molecule has 0 amide bonds. The van der Waals surface area contributed by atoms with Crippen molar-refractivity contribution in [2.75, 3.05) is 27.9 Å². The summed E-state index contributed by atoms with van der Waals surface area (Å²) in [7, 11) is 4.96. The zero-order valence-electron chi connectivity index (χ0n) is 11.8. The van der Waals surface area contributed by atoms with Gasteiger partial charge in [-0.3, -0.25) is 9.29 Å². The first kappa shape index (κ1) is 16.4. The van der Waals surface area contributed by atoms with Crippen LogP contribution in [0.5, 0.6) is 0 Å². The van der Waals surface area contributed by atoms with E-state index in [1.807, 2.05) is 0 Å². The standard InChI is InChI=1S/C13H19FN4O2/c1-18(2)13(19)10-6-4-9(5-7-10)12(20-3)11(8-14)16-17-15/h4-7,11-13,19H,8H2,1-3H3/t11-,12-,13?/m1/s1. The number of hydrogen-bond donors (Lipinski definition) is 1. The largest absolute Gasteiger partial charge is 0.376 e. The van der Waals surface area contributed by atoms with E-state index in [0.29, 0.717) is 11.1 Å². The van der Waals surface area contributed by atoms with Crippen molar-refractivity contribution in [3.63, 3.8) is 0 Å². The second kappa shape index (κ2) is 7.81. The summed E-state index contributed by atoms with van der Waals surface area (Å²) in [5.41, 5.74) is 9.84. The van der Waals surface area contributed by atoms with E-state index in [9.17, 15) is 9.50 Å². The first-order valence-electron chi connectivity index (χ1n) is 6.12. The number of aliphatic hydroxyl groups is 1. The highest BCUT2D eigenvalue weighted by atomic mass is 19.1. The van der Waals surface area contributed by atoms with Crippen LogP contribution in [0.4, 0.5) is 4.39 Å². The third kappa shape index (κ3) is 3.91. The molecule has 0 aliphatic carbocycles. The first-order chi connectivity index (χ1) is 9.54. The molecule has 20 heavy (non-hydrogen) atoms. The maximum atomic E-state index is 12.9. The molecule has 1 unspecified atom stereocenters. The van der Waals surface area contributed by atoms with Crippen LogP contribution >= 0.6 is 0 Å². The van der Waals surface area contributed by atoms with Crippen molar-refractivity contribution in [2.24, 2.45) is 5.11 Å². The molecule has 1 N–H and O–H groups in total. The smallest absolute Gasteiger partial charge is 0.133 e. The number of hydrogen-bond acceptors (Lipinski definition) is 4. The Bertz CT molecular complexity index is 460. The molecule has 7 heteroatoms. The lowest BCUT2D eigenvalue weighted by atomic mass is 10.0. The second-order valence-electron chi connectivity index (χ2n) is 4.59. The minimum atomic E-state index is -0.908. The Balaban J connectivity index is 2.97. The summed E-state index contributed by atoms with van der Waals surface area (Å²) in [6.07, 6.45) is -1.36. The van der Waals surface area contributed by atoms with Crippen molar-refractivity contribution >= 4 is 0 Å². The number of aliphatic hydroxyl groups excluding tert-OH is 1. The highest BCUT2D eigenvalue weighted by molar-refractivity contribution is 5.26. The van der Waals surface area contributed by atoms with Crippen molar-refractivity contribution in [1.82, 2.24) is 4.90 Å². The first-order valence-corrected chi connectivity index (χ1v) is 6.12. The molecule has 3 atom stereocenters. The topological polar surface area (TPSA) is 81.5 Å². The summed E-state index contributed by atoms with van der Waals surface area (Å²) in [6.45, 7) is -0.801. The van der Waals surface area contributed by atoms with E-state index in [0.717, 1.165) is 0 Å². The minimum Gasteiger partial charge on any atom is -0.376 e. The molecule has 0 aliphatic heterocycles. The predicted molar refractivity (Wildman–Crippen MR) is 73.7 cm³/mol. The van der Waals surface area contributed by atoms with E-state index in [2.05, 4.69) is 10.0 Å². The summed E-state index contributed by atoms with van der Waals surface area (Å²) in [6, 6.07) is 6.02. The number of alkyl halides is 1. The molecule has 1 aromatic rings. The molecule has 0 saturated carbocycles. The van der Waals surface area contributed by atoms with E-state index in [4.69, 9.17) is 10.3 Å². The average Bonchev–Trinajstić information content (AvgIpc) is 2.46. The molecular weight excluding hydrogens is 263 g/mol. The number of methoxy groups -OCH3 is 1. The SMILES string of the molecule is CO[C@H](c1ccc(C(O)N(C)C)cc1)[C@@H](CF)N=[N+]=[N-]. The highest BCUT2D eigenvalue weighted by Crippen LogP contribution is 2.25. The van der Waals surface area contributed by atoms with Gasteiger partial charge in [-0.05, 0) is 30.8 Å². The van der Waals surface area contributed by atoms with Crippen LogP contribution in [0.3, 0.4) is 0 Å². The van der Waals surface area contributed by atoms with Gasteiger partial charge in [0.15, 0.2) is 0 Å². The molecule has 0 fully saturated rings. The van der Waals surface area contributed by atoms with Gasteiger partial charge in [-0.2, -0.15) is 0 Å². The molecular formula is C13H19FN4O2. The molecule has 1 rings (SSSR count). The third-order valence-corrected chi connectivity index (χ3v) is 3.01. The van der Waals surface area contributed by atoms with Crippen molar-refractivity contribution < 1.29 is 14.2 Å². The van der Waals surface area contributed by atoms with Crippen LogP contribution in [-0.4, -0.2) is 43.9 Å². The molecule has 1 aromatic carbocycles. The lowest BCUT2D eigenvalue weighted by Gasteiger charge is -2.22. The van der Waals surface area contributed by atoms with Gasteiger partial charge in [0, 0.05) is 12.0 Å². The van der Waals surface area contributed by atoms with E-state index in [-0.39, 0.29) is 0 Å². The van der Waals surface area contributed by atoms with Gasteiger partial charge < -0.3 is 9.84 Å². The lowest BCUT2D eigenvalue weighted by Crippen LogP contribution is -2.21. The van der Waals surface area contributed by atoms with Crippen LogP contribution in [0.15, 0.2) is 29.4 Å². The monoisotopic (exact) mass is 282 g/mol. The highest BCUT2D eigenvalue weighted by Gasteiger charge is 2.22. The molecule has 6 nitrogen and oxygen atoms in total. The van der Waals surface area contributed by atoms with E-state index in [1.165, 1.54) is 7.11 Å². The van der Waals surface area contributed by atoms with E-state index in [1.54, 1.807) is 43.3 Å². The normalized spacial score (nSPS) is 15.5. The molecule has 0 aromatic heterocycles. The van der Waals surface area contributed by atoms with Crippen LogP contribution in [0.1, 0.15) is 23.5 Å². The quantitative estimate of drug-likeness (QED) is 0.361. The predicted octanol–water partition coefficient (Wildman–Crippen LogP) is 2.58. The van der Waals surface area contributed by atoms with Gasteiger partial charge in [-0.15, -0.1) is 0 Å². The van der Waals surface area contributed by atoms with Crippen LogP contribution in [-0.2, 0) is 4.74 Å². The molecule has 110 valence electrons. The molecule has 0 bridgehead atoms. The Kier molecular flexibility index (Phi) is 6.41. The van der Waals surface area contributed by atoms with Crippen LogP contribution in [0.25, 0.3) is 10.4 Å². The van der Waals surface area contributed by atoms with Gasteiger partial charge in [-0.1, -0.05) is 29.4 Å². The Morgan fingerprint density at radius 1 is 1.35 bits per heavy atom. The number of benzene rings is 1. The number of nitrogens with zero attached hydrogens (tertiary/aromatic N) is 4. The second-order valence-corrected chi connectivity index (χ2v) is 4.59. The fraction of sp³-hybridized carbons (Fsp3) is 0.538. The molecule has 0 radical (unpaired) electrons. The van der Waals surface area contributed by atoms with E-state index >= 15 is 0 Å². The summed E-state index contributed by atoms with van der Waals surface area (Å²) < 4.78 is 18.1.